The van der Waals surface area contributed by atoms with Crippen molar-refractivity contribution in [2.75, 3.05) is 9.85 Å². The van der Waals surface area contributed by atoms with Crippen LogP contribution in [0.3, 0.4) is 0 Å². The topological polar surface area (TPSA) is 41.5 Å². The quantitative estimate of drug-likeness (QED) is 0.331. The van der Waals surface area contributed by atoms with Gasteiger partial charge < -0.3 is 0 Å². The lowest BCUT2D eigenvalue weighted by molar-refractivity contribution is -0.110. The van der Waals surface area contributed by atoms with Gasteiger partial charge >= 0.3 is 0 Å². The fourth-order valence-electron chi connectivity index (χ4n) is 0.871. The molecule has 0 atom stereocenters. The molecule has 0 aliphatic heterocycles. The lowest BCUT2D eigenvalue weighted by atomic mass is 10.3. The van der Waals surface area contributed by atoms with Crippen LogP contribution in [0.15, 0.2) is 17.2 Å². The summed E-state index contributed by atoms with van der Waals surface area (Å²) in [5.41, 5.74) is 2.88. The molecule has 0 fully saturated rings. The minimum atomic E-state index is -0.291. The van der Waals surface area contributed by atoms with Crippen LogP contribution in [0.5, 0.6) is 0 Å². The van der Waals surface area contributed by atoms with Crippen LogP contribution in [0.2, 0.25) is 15.1 Å². The number of carbonyl (C=O) groups is 1. The van der Waals surface area contributed by atoms with Crippen molar-refractivity contribution in [3.8, 4) is 0 Å². The average Bonchev–Trinajstić information content (AvgIpc) is 2.26. The first-order chi connectivity index (χ1) is 7.95. The maximum Gasteiger partial charge on any atom is 0.204 e. The van der Waals surface area contributed by atoms with Crippen molar-refractivity contribution < 1.29 is 4.79 Å². The van der Waals surface area contributed by atoms with Crippen molar-refractivity contribution in [1.29, 1.82) is 0 Å². The Balaban J connectivity index is 2.93. The molecule has 0 unspecified atom stereocenters. The number of ketones is 1. The van der Waals surface area contributed by atoms with Gasteiger partial charge in [0.1, 0.15) is 0 Å². The molecule has 0 bridgehead atoms. The Labute approximate surface area is 132 Å². The Morgan fingerprint density at radius 3 is 2.29 bits per heavy atom. The van der Waals surface area contributed by atoms with Gasteiger partial charge in [0.15, 0.2) is 5.17 Å². The Hall–Kier alpha value is 0.250. The normalized spacial score (nSPS) is 11.5. The first-order valence-electron chi connectivity index (χ1n) is 4.18. The van der Waals surface area contributed by atoms with Crippen LogP contribution in [-0.2, 0) is 4.79 Å². The highest BCUT2D eigenvalue weighted by molar-refractivity contribution is 14.1. The highest BCUT2D eigenvalue weighted by Crippen LogP contribution is 2.33. The highest BCUT2D eigenvalue weighted by atomic mass is 127. The van der Waals surface area contributed by atoms with E-state index in [0.717, 1.165) is 0 Å². The van der Waals surface area contributed by atoms with E-state index >= 15 is 0 Å². The SMILES string of the molecule is O=C(CI)C(Cl)=NNc1c(Cl)cc(Cl)cc1Cl. The minimum absolute atomic E-state index is 0.165. The number of hydrazone groups is 1. The summed E-state index contributed by atoms with van der Waals surface area (Å²) in [5, 5.41) is 4.50. The molecule has 0 aliphatic carbocycles. The molecule has 0 saturated heterocycles. The van der Waals surface area contributed by atoms with Crippen molar-refractivity contribution in [2.45, 2.75) is 0 Å². The summed E-state index contributed by atoms with van der Waals surface area (Å²) in [6, 6.07) is 3.00. The van der Waals surface area contributed by atoms with Crippen LogP contribution in [0.4, 0.5) is 5.69 Å². The number of nitrogens with zero attached hydrogens (tertiary/aromatic N) is 1. The van der Waals surface area contributed by atoms with E-state index in [1.807, 2.05) is 22.6 Å². The van der Waals surface area contributed by atoms with Crippen molar-refractivity contribution >= 4 is 85.6 Å². The second-order valence-electron chi connectivity index (χ2n) is 2.82. The summed E-state index contributed by atoms with van der Waals surface area (Å²) in [7, 11) is 0. The van der Waals surface area contributed by atoms with E-state index in [1.54, 1.807) is 0 Å². The van der Waals surface area contributed by atoms with Crippen LogP contribution in [0, 0.1) is 0 Å². The predicted molar refractivity (Wildman–Crippen MR) is 82.3 cm³/mol. The molecule has 8 heteroatoms. The number of alkyl halides is 1. The number of carbonyl (C=O) groups excluding carboxylic acids is 1. The molecule has 0 saturated carbocycles. The van der Waals surface area contributed by atoms with E-state index in [1.165, 1.54) is 12.1 Å². The Bertz CT molecular complexity index is 455. The van der Waals surface area contributed by atoms with Crippen LogP contribution in [-0.4, -0.2) is 15.4 Å². The zero-order valence-corrected chi connectivity index (χ0v) is 13.3. The third-order valence-corrected chi connectivity index (χ3v) is 3.43. The smallest absolute Gasteiger partial charge is 0.204 e. The maximum atomic E-state index is 11.2. The monoisotopic (exact) mass is 424 g/mol. The number of nitrogens with one attached hydrogen (secondary N) is 1. The van der Waals surface area contributed by atoms with Crippen molar-refractivity contribution in [1.82, 2.24) is 0 Å². The number of halogens is 5. The fraction of sp³-hybridized carbons (Fsp3) is 0.111. The summed E-state index contributed by atoms with van der Waals surface area (Å²) in [6.07, 6.45) is 0. The van der Waals surface area contributed by atoms with Gasteiger partial charge in [0, 0.05) is 5.02 Å². The molecule has 1 aromatic carbocycles. The second kappa shape index (κ2) is 6.99. The Morgan fingerprint density at radius 1 is 1.29 bits per heavy atom. The first kappa shape index (κ1) is 15.3. The standard InChI is InChI=1S/C9H5Cl4IN2O/c10-4-1-5(11)8(6(12)2-4)15-16-9(13)7(17)3-14/h1-2,15H,3H2. The van der Waals surface area contributed by atoms with E-state index in [9.17, 15) is 4.79 Å². The number of hydrogen-bond acceptors (Lipinski definition) is 3. The third-order valence-electron chi connectivity index (χ3n) is 1.62. The molecule has 17 heavy (non-hydrogen) atoms. The maximum absolute atomic E-state index is 11.2. The number of rotatable bonds is 4. The summed E-state index contributed by atoms with van der Waals surface area (Å²) in [4.78, 5) is 11.2. The van der Waals surface area contributed by atoms with E-state index in [2.05, 4.69) is 10.5 Å². The first-order valence-corrected chi connectivity index (χ1v) is 7.22. The van der Waals surface area contributed by atoms with Gasteiger partial charge in [-0.15, -0.1) is 0 Å². The molecule has 0 amide bonds. The molecule has 3 nitrogen and oxygen atoms in total. The van der Waals surface area contributed by atoms with Gasteiger partial charge in [-0.25, -0.2) is 0 Å². The van der Waals surface area contributed by atoms with Crippen LogP contribution < -0.4 is 5.43 Å². The van der Waals surface area contributed by atoms with E-state index < -0.39 is 0 Å². The molecule has 1 N–H and O–H groups in total. The minimum Gasteiger partial charge on any atom is -0.290 e. The number of benzene rings is 1. The molecule has 1 rings (SSSR count). The second-order valence-corrected chi connectivity index (χ2v) is 5.19. The molecule has 0 radical (unpaired) electrons. The summed E-state index contributed by atoms with van der Waals surface area (Å²) in [6.45, 7) is 0. The van der Waals surface area contributed by atoms with Crippen LogP contribution in [0.1, 0.15) is 0 Å². The Morgan fingerprint density at radius 2 is 1.82 bits per heavy atom. The van der Waals surface area contributed by atoms with Gasteiger partial charge in [-0.2, -0.15) is 5.10 Å². The molecule has 0 aliphatic rings. The molecule has 1 aromatic rings. The zero-order valence-electron chi connectivity index (χ0n) is 8.11. The molecule has 0 aromatic heterocycles. The number of Topliss-reactive ketones (excluding diaryl/α,β-unsaturated/α-hetero) is 1. The highest BCUT2D eigenvalue weighted by Gasteiger charge is 2.09. The fourth-order valence-corrected chi connectivity index (χ4v) is 2.47. The van der Waals surface area contributed by atoms with Crippen molar-refractivity contribution in [3.63, 3.8) is 0 Å². The molecule has 0 spiro atoms. The number of hydrogen-bond donors (Lipinski definition) is 1. The molecular weight excluding hydrogens is 421 g/mol. The molecule has 92 valence electrons. The van der Waals surface area contributed by atoms with Gasteiger partial charge in [0.2, 0.25) is 5.78 Å². The average molecular weight is 426 g/mol. The van der Waals surface area contributed by atoms with Crippen molar-refractivity contribution in [2.24, 2.45) is 5.10 Å². The lowest BCUT2D eigenvalue weighted by Gasteiger charge is -2.06. The summed E-state index contributed by atoms with van der Waals surface area (Å²) < 4.78 is 0.240. The Kier molecular flexibility index (Phi) is 6.30. The van der Waals surface area contributed by atoms with E-state index in [0.29, 0.717) is 10.7 Å². The van der Waals surface area contributed by atoms with Crippen molar-refractivity contribution in [3.05, 3.63) is 27.2 Å². The van der Waals surface area contributed by atoms with Crippen LogP contribution >= 0.6 is 69.0 Å². The predicted octanol–water partition coefficient (Wildman–Crippen LogP) is 4.62. The molecular formula is C9H5Cl4IN2O. The zero-order chi connectivity index (χ0) is 13.0. The molecule has 0 heterocycles. The number of anilines is 1. The van der Waals surface area contributed by atoms with Gasteiger partial charge in [0.05, 0.1) is 20.2 Å². The lowest BCUT2D eigenvalue weighted by Crippen LogP contribution is -2.10. The van der Waals surface area contributed by atoms with Crippen LogP contribution in [0.25, 0.3) is 0 Å². The van der Waals surface area contributed by atoms with Gasteiger partial charge in [0.25, 0.3) is 0 Å². The largest absolute Gasteiger partial charge is 0.290 e. The summed E-state index contributed by atoms with van der Waals surface area (Å²) >= 11 is 25.1. The van der Waals surface area contributed by atoms with Gasteiger partial charge in [-0.1, -0.05) is 69.0 Å². The van der Waals surface area contributed by atoms with Gasteiger partial charge in [-0.05, 0) is 12.1 Å². The van der Waals surface area contributed by atoms with Gasteiger partial charge in [-0.3, -0.25) is 10.2 Å². The van der Waals surface area contributed by atoms with E-state index in [-0.39, 0.29) is 25.4 Å². The summed E-state index contributed by atoms with van der Waals surface area (Å²) in [5.74, 6) is -0.291. The van der Waals surface area contributed by atoms with E-state index in [4.69, 9.17) is 46.4 Å². The third kappa shape index (κ3) is 4.44.